The average molecular weight is 244 g/mol. The fourth-order valence-corrected chi connectivity index (χ4v) is 1.78. The molecule has 16 heavy (non-hydrogen) atoms. The number of hydrogen-bond donors (Lipinski definition) is 1. The summed E-state index contributed by atoms with van der Waals surface area (Å²) in [5.74, 6) is -0.209. The lowest BCUT2D eigenvalue weighted by Gasteiger charge is -2.08. The van der Waals surface area contributed by atoms with E-state index in [0.717, 1.165) is 31.4 Å². The van der Waals surface area contributed by atoms with Gasteiger partial charge in [0.15, 0.2) is 0 Å². The Balaban J connectivity index is 2.29. The number of nitrogens with one attached hydrogen (secondary N) is 1. The standard InChI is InChI=1S/C13H19ClFN/c1-10(2)16-8-4-3-5-11-9-12(15)6-7-13(11)14/h6-7,9-10,16H,3-5,8H2,1-2H3. The second kappa shape index (κ2) is 6.87. The van der Waals surface area contributed by atoms with Crippen LogP contribution in [0.1, 0.15) is 32.3 Å². The lowest BCUT2D eigenvalue weighted by molar-refractivity contribution is 0.557. The van der Waals surface area contributed by atoms with Gasteiger partial charge in [0.1, 0.15) is 5.82 Å². The van der Waals surface area contributed by atoms with Gasteiger partial charge >= 0.3 is 0 Å². The van der Waals surface area contributed by atoms with Crippen LogP contribution in [-0.4, -0.2) is 12.6 Å². The van der Waals surface area contributed by atoms with E-state index in [2.05, 4.69) is 19.2 Å². The number of halogens is 2. The van der Waals surface area contributed by atoms with E-state index in [0.29, 0.717) is 11.1 Å². The predicted octanol–water partition coefficient (Wildman–Crippen LogP) is 3.80. The summed E-state index contributed by atoms with van der Waals surface area (Å²) in [6.45, 7) is 5.26. The molecule has 0 amide bonds. The van der Waals surface area contributed by atoms with Crippen LogP contribution in [0.2, 0.25) is 5.02 Å². The Morgan fingerprint density at radius 2 is 2.06 bits per heavy atom. The highest BCUT2D eigenvalue weighted by Crippen LogP contribution is 2.18. The number of benzene rings is 1. The van der Waals surface area contributed by atoms with Crippen LogP contribution in [0.4, 0.5) is 4.39 Å². The van der Waals surface area contributed by atoms with Gasteiger partial charge in [0.25, 0.3) is 0 Å². The first-order valence-electron chi connectivity index (χ1n) is 5.77. The average Bonchev–Trinajstić information content (AvgIpc) is 2.22. The minimum atomic E-state index is -0.209. The van der Waals surface area contributed by atoms with E-state index in [9.17, 15) is 4.39 Å². The molecule has 0 bridgehead atoms. The molecule has 0 atom stereocenters. The van der Waals surface area contributed by atoms with Crippen LogP contribution in [0, 0.1) is 5.82 Å². The predicted molar refractivity (Wildman–Crippen MR) is 67.5 cm³/mol. The molecule has 0 spiro atoms. The zero-order chi connectivity index (χ0) is 12.0. The molecule has 1 N–H and O–H groups in total. The zero-order valence-corrected chi connectivity index (χ0v) is 10.6. The quantitative estimate of drug-likeness (QED) is 0.750. The molecule has 0 unspecified atom stereocenters. The molecule has 1 rings (SSSR count). The molecule has 1 aromatic rings. The lowest BCUT2D eigenvalue weighted by atomic mass is 10.1. The van der Waals surface area contributed by atoms with E-state index >= 15 is 0 Å². The Bertz CT molecular complexity index is 326. The molecule has 0 saturated carbocycles. The summed E-state index contributed by atoms with van der Waals surface area (Å²) >= 11 is 5.98. The summed E-state index contributed by atoms with van der Waals surface area (Å²) in [6, 6.07) is 5.07. The minimum absolute atomic E-state index is 0.209. The van der Waals surface area contributed by atoms with Crippen LogP contribution >= 0.6 is 11.6 Å². The van der Waals surface area contributed by atoms with Gasteiger partial charge in [0.2, 0.25) is 0 Å². The van der Waals surface area contributed by atoms with E-state index in [1.165, 1.54) is 12.1 Å². The SMILES string of the molecule is CC(C)NCCCCc1cc(F)ccc1Cl. The van der Waals surface area contributed by atoms with Gasteiger partial charge < -0.3 is 5.32 Å². The van der Waals surface area contributed by atoms with Crippen molar-refractivity contribution in [2.75, 3.05) is 6.54 Å². The summed E-state index contributed by atoms with van der Waals surface area (Å²) in [5.41, 5.74) is 0.909. The maximum absolute atomic E-state index is 13.0. The molecule has 0 aliphatic rings. The Kier molecular flexibility index (Phi) is 5.78. The van der Waals surface area contributed by atoms with Gasteiger partial charge in [-0.1, -0.05) is 25.4 Å². The first kappa shape index (κ1) is 13.5. The number of aryl methyl sites for hydroxylation is 1. The number of hydrogen-bond acceptors (Lipinski definition) is 1. The third-order valence-corrected chi connectivity index (χ3v) is 2.80. The molecule has 0 fully saturated rings. The van der Waals surface area contributed by atoms with Gasteiger partial charge in [-0.3, -0.25) is 0 Å². The summed E-state index contributed by atoms with van der Waals surface area (Å²) in [4.78, 5) is 0. The molecule has 0 radical (unpaired) electrons. The molecular formula is C13H19ClFN. The van der Waals surface area contributed by atoms with Crippen molar-refractivity contribution in [1.82, 2.24) is 5.32 Å². The molecule has 1 aromatic carbocycles. The van der Waals surface area contributed by atoms with E-state index in [1.54, 1.807) is 6.07 Å². The Morgan fingerprint density at radius 3 is 2.75 bits per heavy atom. The topological polar surface area (TPSA) is 12.0 Å². The van der Waals surface area contributed by atoms with Crippen LogP contribution in [0.5, 0.6) is 0 Å². The highest BCUT2D eigenvalue weighted by molar-refractivity contribution is 6.31. The number of unbranched alkanes of at least 4 members (excludes halogenated alkanes) is 1. The van der Waals surface area contributed by atoms with Crippen LogP contribution in [-0.2, 0) is 6.42 Å². The molecule has 0 saturated heterocycles. The molecule has 90 valence electrons. The smallest absolute Gasteiger partial charge is 0.123 e. The first-order valence-corrected chi connectivity index (χ1v) is 6.14. The third-order valence-electron chi connectivity index (χ3n) is 2.43. The summed E-state index contributed by atoms with van der Waals surface area (Å²) in [5, 5.41) is 4.02. The maximum Gasteiger partial charge on any atom is 0.123 e. The van der Waals surface area contributed by atoms with E-state index in [4.69, 9.17) is 11.6 Å². The largest absolute Gasteiger partial charge is 0.315 e. The normalized spacial score (nSPS) is 11.1. The van der Waals surface area contributed by atoms with Crippen LogP contribution in [0.25, 0.3) is 0 Å². The molecule has 1 nitrogen and oxygen atoms in total. The van der Waals surface area contributed by atoms with E-state index < -0.39 is 0 Å². The highest BCUT2D eigenvalue weighted by atomic mass is 35.5. The fourth-order valence-electron chi connectivity index (χ4n) is 1.57. The van der Waals surface area contributed by atoms with Crippen molar-refractivity contribution in [3.63, 3.8) is 0 Å². The molecule has 0 heterocycles. The Hall–Kier alpha value is -0.600. The lowest BCUT2D eigenvalue weighted by Crippen LogP contribution is -2.23. The Labute approximate surface area is 102 Å². The highest BCUT2D eigenvalue weighted by Gasteiger charge is 2.02. The van der Waals surface area contributed by atoms with Gasteiger partial charge in [-0.05, 0) is 49.6 Å². The zero-order valence-electron chi connectivity index (χ0n) is 9.89. The van der Waals surface area contributed by atoms with Gasteiger partial charge in [0.05, 0.1) is 0 Å². The van der Waals surface area contributed by atoms with Crippen LogP contribution in [0.3, 0.4) is 0 Å². The molecule has 0 aliphatic heterocycles. The van der Waals surface area contributed by atoms with Crippen molar-refractivity contribution in [3.8, 4) is 0 Å². The third kappa shape index (κ3) is 4.95. The van der Waals surface area contributed by atoms with Crippen molar-refractivity contribution in [2.45, 2.75) is 39.2 Å². The van der Waals surface area contributed by atoms with E-state index in [1.807, 2.05) is 0 Å². The molecular weight excluding hydrogens is 225 g/mol. The van der Waals surface area contributed by atoms with Gasteiger partial charge in [0, 0.05) is 11.1 Å². The summed E-state index contributed by atoms with van der Waals surface area (Å²) in [7, 11) is 0. The van der Waals surface area contributed by atoms with E-state index in [-0.39, 0.29) is 5.82 Å². The van der Waals surface area contributed by atoms with Crippen molar-refractivity contribution < 1.29 is 4.39 Å². The second-order valence-electron chi connectivity index (χ2n) is 4.30. The summed E-state index contributed by atoms with van der Waals surface area (Å²) in [6.07, 6.45) is 2.96. The van der Waals surface area contributed by atoms with Gasteiger partial charge in [-0.25, -0.2) is 4.39 Å². The fraction of sp³-hybridized carbons (Fsp3) is 0.538. The van der Waals surface area contributed by atoms with Crippen molar-refractivity contribution in [1.29, 1.82) is 0 Å². The molecule has 0 aromatic heterocycles. The summed E-state index contributed by atoms with van der Waals surface area (Å²) < 4.78 is 13.0. The van der Waals surface area contributed by atoms with Crippen molar-refractivity contribution >= 4 is 11.6 Å². The second-order valence-corrected chi connectivity index (χ2v) is 4.71. The molecule has 0 aliphatic carbocycles. The minimum Gasteiger partial charge on any atom is -0.315 e. The van der Waals surface area contributed by atoms with Gasteiger partial charge in [-0.15, -0.1) is 0 Å². The van der Waals surface area contributed by atoms with Gasteiger partial charge in [-0.2, -0.15) is 0 Å². The van der Waals surface area contributed by atoms with Crippen LogP contribution in [0.15, 0.2) is 18.2 Å². The monoisotopic (exact) mass is 243 g/mol. The maximum atomic E-state index is 13.0. The molecule has 3 heteroatoms. The Morgan fingerprint density at radius 1 is 1.31 bits per heavy atom. The van der Waals surface area contributed by atoms with Crippen molar-refractivity contribution in [2.24, 2.45) is 0 Å². The first-order chi connectivity index (χ1) is 7.59. The van der Waals surface area contributed by atoms with Crippen LogP contribution < -0.4 is 5.32 Å². The van der Waals surface area contributed by atoms with Crippen molar-refractivity contribution in [3.05, 3.63) is 34.6 Å². The number of rotatable bonds is 6.